The molecule has 110 valence electrons. The lowest BCUT2D eigenvalue weighted by atomic mass is 9.95. The van der Waals surface area contributed by atoms with E-state index in [1.54, 1.807) is 0 Å². The van der Waals surface area contributed by atoms with Gasteiger partial charge in [-0.25, -0.2) is 0 Å². The molecule has 2 N–H and O–H groups in total. The number of anilines is 1. The van der Waals surface area contributed by atoms with Gasteiger partial charge in [-0.05, 0) is 55.7 Å². The van der Waals surface area contributed by atoms with Crippen molar-refractivity contribution in [2.75, 3.05) is 11.4 Å². The van der Waals surface area contributed by atoms with Crippen LogP contribution in [0.5, 0.6) is 0 Å². The van der Waals surface area contributed by atoms with Gasteiger partial charge in [0.1, 0.15) is 0 Å². The van der Waals surface area contributed by atoms with Crippen LogP contribution >= 0.6 is 0 Å². The number of rotatable bonds is 4. The average Bonchev–Trinajstić information content (AvgIpc) is 3.16. The van der Waals surface area contributed by atoms with Crippen LogP contribution in [0.25, 0.3) is 0 Å². The molecule has 1 aliphatic carbocycles. The highest BCUT2D eigenvalue weighted by Crippen LogP contribution is 2.37. The third-order valence-corrected chi connectivity index (χ3v) is 5.34. The summed E-state index contributed by atoms with van der Waals surface area (Å²) >= 11 is 0. The number of nitrogens with two attached hydrogens (primary N) is 1. The maximum absolute atomic E-state index is 6.11. The van der Waals surface area contributed by atoms with E-state index in [0.29, 0.717) is 0 Å². The van der Waals surface area contributed by atoms with Gasteiger partial charge in [0.2, 0.25) is 0 Å². The zero-order valence-electron chi connectivity index (χ0n) is 12.7. The molecule has 1 heterocycles. The molecule has 0 aromatic heterocycles. The SMILES string of the molecule is CC[C@@H](N)c1ccc(N2CCCC2C2CCCC2)cc1. The van der Waals surface area contributed by atoms with Crippen molar-refractivity contribution in [2.24, 2.45) is 11.7 Å². The monoisotopic (exact) mass is 272 g/mol. The lowest BCUT2D eigenvalue weighted by Gasteiger charge is -2.31. The van der Waals surface area contributed by atoms with E-state index in [1.165, 1.54) is 56.3 Å². The van der Waals surface area contributed by atoms with E-state index in [9.17, 15) is 0 Å². The maximum Gasteiger partial charge on any atom is 0.0369 e. The third kappa shape index (κ3) is 2.71. The van der Waals surface area contributed by atoms with Crippen LogP contribution in [0.1, 0.15) is 63.5 Å². The van der Waals surface area contributed by atoms with Gasteiger partial charge in [0.25, 0.3) is 0 Å². The lowest BCUT2D eigenvalue weighted by Crippen LogP contribution is -2.34. The van der Waals surface area contributed by atoms with Crippen molar-refractivity contribution in [2.45, 2.75) is 64.0 Å². The molecular formula is C18H28N2. The summed E-state index contributed by atoms with van der Waals surface area (Å²) in [6.45, 7) is 3.38. The quantitative estimate of drug-likeness (QED) is 0.887. The number of benzene rings is 1. The van der Waals surface area contributed by atoms with Crippen molar-refractivity contribution < 1.29 is 0 Å². The minimum atomic E-state index is 0.188. The summed E-state index contributed by atoms with van der Waals surface area (Å²) < 4.78 is 0. The minimum Gasteiger partial charge on any atom is -0.368 e. The van der Waals surface area contributed by atoms with Gasteiger partial charge in [0.05, 0.1) is 0 Å². The van der Waals surface area contributed by atoms with E-state index in [2.05, 4.69) is 36.1 Å². The molecule has 2 aliphatic rings. The molecule has 1 saturated heterocycles. The van der Waals surface area contributed by atoms with Gasteiger partial charge in [-0.15, -0.1) is 0 Å². The highest BCUT2D eigenvalue weighted by Gasteiger charge is 2.33. The van der Waals surface area contributed by atoms with Crippen molar-refractivity contribution in [3.8, 4) is 0 Å². The second kappa shape index (κ2) is 6.17. The van der Waals surface area contributed by atoms with E-state index in [1.807, 2.05) is 0 Å². The first-order valence-electron chi connectivity index (χ1n) is 8.41. The second-order valence-corrected chi connectivity index (χ2v) is 6.55. The molecular weight excluding hydrogens is 244 g/mol. The highest BCUT2D eigenvalue weighted by molar-refractivity contribution is 5.50. The Morgan fingerprint density at radius 1 is 1.10 bits per heavy atom. The van der Waals surface area contributed by atoms with E-state index >= 15 is 0 Å². The average molecular weight is 272 g/mol. The lowest BCUT2D eigenvalue weighted by molar-refractivity contribution is 0.431. The van der Waals surface area contributed by atoms with E-state index in [-0.39, 0.29) is 6.04 Å². The first-order chi connectivity index (χ1) is 9.79. The molecule has 20 heavy (non-hydrogen) atoms. The molecule has 3 rings (SSSR count). The minimum absolute atomic E-state index is 0.188. The Morgan fingerprint density at radius 3 is 2.45 bits per heavy atom. The van der Waals surface area contributed by atoms with Gasteiger partial charge in [-0.2, -0.15) is 0 Å². The number of nitrogens with zero attached hydrogens (tertiary/aromatic N) is 1. The van der Waals surface area contributed by atoms with Crippen LogP contribution < -0.4 is 10.6 Å². The molecule has 0 bridgehead atoms. The Kier molecular flexibility index (Phi) is 4.30. The molecule has 1 unspecified atom stereocenters. The standard InChI is InChI=1S/C18H28N2/c1-2-17(19)14-9-11-16(12-10-14)20-13-5-8-18(20)15-6-3-4-7-15/h9-12,15,17-18H,2-8,13,19H2,1H3/t17-,18?/m1/s1. The molecule has 0 amide bonds. The Hall–Kier alpha value is -1.02. The topological polar surface area (TPSA) is 29.3 Å². The van der Waals surface area contributed by atoms with Crippen LogP contribution in [0.15, 0.2) is 24.3 Å². The maximum atomic E-state index is 6.11. The van der Waals surface area contributed by atoms with Crippen LogP contribution in [0.3, 0.4) is 0 Å². The Labute approximate surface area is 123 Å². The van der Waals surface area contributed by atoms with Crippen molar-refractivity contribution >= 4 is 5.69 Å². The van der Waals surface area contributed by atoms with Crippen molar-refractivity contribution in [3.63, 3.8) is 0 Å². The van der Waals surface area contributed by atoms with Crippen LogP contribution in [-0.4, -0.2) is 12.6 Å². The molecule has 1 saturated carbocycles. The van der Waals surface area contributed by atoms with Crippen molar-refractivity contribution in [1.82, 2.24) is 0 Å². The summed E-state index contributed by atoms with van der Waals surface area (Å²) in [6.07, 6.45) is 9.53. The molecule has 1 aromatic rings. The fourth-order valence-corrected chi connectivity index (χ4v) is 4.09. The van der Waals surface area contributed by atoms with E-state index in [0.717, 1.165) is 18.4 Å². The summed E-state index contributed by atoms with van der Waals surface area (Å²) in [7, 11) is 0. The second-order valence-electron chi connectivity index (χ2n) is 6.55. The Balaban J connectivity index is 1.74. The molecule has 1 aromatic carbocycles. The van der Waals surface area contributed by atoms with Crippen molar-refractivity contribution in [1.29, 1.82) is 0 Å². The zero-order valence-corrected chi connectivity index (χ0v) is 12.7. The predicted octanol–water partition coefficient (Wildman–Crippen LogP) is 4.26. The van der Waals surface area contributed by atoms with Crippen LogP contribution in [0, 0.1) is 5.92 Å². The molecule has 2 fully saturated rings. The van der Waals surface area contributed by atoms with E-state index in [4.69, 9.17) is 5.73 Å². The van der Waals surface area contributed by atoms with Crippen LogP contribution in [0.2, 0.25) is 0 Å². The smallest absolute Gasteiger partial charge is 0.0369 e. The number of hydrogen-bond acceptors (Lipinski definition) is 2. The molecule has 2 atom stereocenters. The Morgan fingerprint density at radius 2 is 1.80 bits per heavy atom. The van der Waals surface area contributed by atoms with Crippen LogP contribution in [0.4, 0.5) is 5.69 Å². The van der Waals surface area contributed by atoms with Gasteiger partial charge in [-0.3, -0.25) is 0 Å². The van der Waals surface area contributed by atoms with Gasteiger partial charge in [-0.1, -0.05) is 31.9 Å². The summed E-state index contributed by atoms with van der Waals surface area (Å²) in [5, 5.41) is 0. The third-order valence-electron chi connectivity index (χ3n) is 5.34. The van der Waals surface area contributed by atoms with Gasteiger partial charge in [0, 0.05) is 24.3 Å². The molecule has 0 radical (unpaired) electrons. The predicted molar refractivity (Wildman–Crippen MR) is 86.0 cm³/mol. The summed E-state index contributed by atoms with van der Waals surface area (Å²) in [5.41, 5.74) is 8.79. The van der Waals surface area contributed by atoms with Crippen molar-refractivity contribution in [3.05, 3.63) is 29.8 Å². The fourth-order valence-electron chi connectivity index (χ4n) is 4.09. The first kappa shape index (κ1) is 13.9. The normalized spacial score (nSPS) is 25.3. The summed E-state index contributed by atoms with van der Waals surface area (Å²) in [6, 6.07) is 10.0. The summed E-state index contributed by atoms with van der Waals surface area (Å²) in [5.74, 6) is 0.940. The van der Waals surface area contributed by atoms with Gasteiger partial charge in [0.15, 0.2) is 0 Å². The molecule has 2 nitrogen and oxygen atoms in total. The van der Waals surface area contributed by atoms with E-state index < -0.39 is 0 Å². The van der Waals surface area contributed by atoms with Gasteiger partial charge < -0.3 is 10.6 Å². The first-order valence-corrected chi connectivity index (χ1v) is 8.41. The largest absolute Gasteiger partial charge is 0.368 e. The molecule has 0 spiro atoms. The number of hydrogen-bond donors (Lipinski definition) is 1. The molecule has 1 aliphatic heterocycles. The Bertz CT molecular complexity index is 420. The zero-order chi connectivity index (χ0) is 13.9. The molecule has 2 heteroatoms. The highest BCUT2D eigenvalue weighted by atomic mass is 15.2. The van der Waals surface area contributed by atoms with Gasteiger partial charge >= 0.3 is 0 Å². The fraction of sp³-hybridized carbons (Fsp3) is 0.667. The van der Waals surface area contributed by atoms with Crippen LogP contribution in [-0.2, 0) is 0 Å². The summed E-state index contributed by atoms with van der Waals surface area (Å²) in [4.78, 5) is 2.66.